The van der Waals surface area contributed by atoms with Crippen LogP contribution in [0.25, 0.3) is 11.2 Å². The molecular formula is C27H44N7O20P3S. The van der Waals surface area contributed by atoms with Crippen molar-refractivity contribution in [2.75, 3.05) is 37.8 Å². The Morgan fingerprint density at radius 3 is 2.31 bits per heavy atom. The molecular weight excluding hydrogens is 867 g/mol. The molecule has 0 spiro atoms. The topological polar surface area (TPSA) is 421 Å². The summed E-state index contributed by atoms with van der Waals surface area (Å²) in [7, 11) is -16.5. The number of amides is 2. The number of hydrogen-bond acceptors (Lipinski definition) is 20. The summed E-state index contributed by atoms with van der Waals surface area (Å²) in [6, 6.07) is 0. The van der Waals surface area contributed by atoms with Crippen molar-refractivity contribution in [3.8, 4) is 0 Å². The third-order valence-electron chi connectivity index (χ3n) is 7.82. The van der Waals surface area contributed by atoms with E-state index in [0.29, 0.717) is 0 Å². The van der Waals surface area contributed by atoms with Crippen molar-refractivity contribution >= 4 is 75.1 Å². The van der Waals surface area contributed by atoms with Gasteiger partial charge in [-0.2, -0.15) is 4.31 Å². The van der Waals surface area contributed by atoms with Crippen LogP contribution in [0, 0.1) is 5.41 Å². The Hall–Kier alpha value is -3.01. The average molecular weight is 912 g/mol. The van der Waals surface area contributed by atoms with E-state index < -0.39 is 114 Å². The van der Waals surface area contributed by atoms with E-state index in [1.165, 1.54) is 20.8 Å². The molecule has 2 amide bonds. The lowest BCUT2D eigenvalue weighted by atomic mass is 9.87. The smallest absolute Gasteiger partial charge is 0.481 e. The first-order chi connectivity index (χ1) is 26.6. The van der Waals surface area contributed by atoms with Crippen LogP contribution in [0.3, 0.4) is 0 Å². The van der Waals surface area contributed by atoms with Crippen molar-refractivity contribution in [3.05, 3.63) is 12.7 Å². The third kappa shape index (κ3) is 15.2. The lowest BCUT2D eigenvalue weighted by Gasteiger charge is -2.30. The minimum Gasteiger partial charge on any atom is -0.481 e. The zero-order valence-electron chi connectivity index (χ0n) is 30.8. The Bertz CT molecular complexity index is 1950. The molecule has 3 rings (SSSR count). The number of nitrogen functional groups attached to an aromatic ring is 1. The maximum absolute atomic E-state index is 12.7. The molecule has 2 aromatic heterocycles. The molecule has 2 aromatic rings. The summed E-state index contributed by atoms with van der Waals surface area (Å²) in [5.74, 6) is -2.81. The van der Waals surface area contributed by atoms with E-state index >= 15 is 0 Å². The van der Waals surface area contributed by atoms with E-state index in [1.54, 1.807) is 0 Å². The zero-order valence-corrected chi connectivity index (χ0v) is 34.3. The highest BCUT2D eigenvalue weighted by atomic mass is 32.2. The molecule has 12 N–H and O–H groups in total. The average Bonchev–Trinajstić information content (AvgIpc) is 3.63. The number of nitrogens with zero attached hydrogens (tertiary/aromatic N) is 4. The predicted molar refractivity (Wildman–Crippen MR) is 195 cm³/mol. The minimum atomic E-state index is -5.60. The van der Waals surface area contributed by atoms with Crippen LogP contribution < -0.4 is 16.4 Å². The highest BCUT2D eigenvalue weighted by Gasteiger charge is 2.50. The lowest BCUT2D eigenvalue weighted by Crippen LogP contribution is -2.46. The molecule has 0 aliphatic carbocycles. The number of carbonyl (C=O) groups excluding carboxylic acids is 3. The van der Waals surface area contributed by atoms with Crippen molar-refractivity contribution in [2.45, 2.75) is 76.3 Å². The van der Waals surface area contributed by atoms with Gasteiger partial charge in [0, 0.05) is 37.1 Å². The Balaban J connectivity index is 1.47. The van der Waals surface area contributed by atoms with Crippen LogP contribution >= 0.6 is 35.2 Å². The largest absolute Gasteiger partial charge is 0.481 e. The van der Waals surface area contributed by atoms with Crippen molar-refractivity contribution in [1.82, 2.24) is 30.2 Å². The van der Waals surface area contributed by atoms with Gasteiger partial charge in [0.2, 0.25) is 11.8 Å². The Morgan fingerprint density at radius 1 is 1.02 bits per heavy atom. The number of ether oxygens (including phenoxy) is 1. The molecule has 1 aliphatic rings. The first kappa shape index (κ1) is 49.4. The Kier molecular flexibility index (Phi) is 17.0. The van der Waals surface area contributed by atoms with Gasteiger partial charge >= 0.3 is 29.4 Å². The van der Waals surface area contributed by atoms with Crippen LogP contribution in [-0.2, 0) is 55.5 Å². The quantitative estimate of drug-likeness (QED) is 0.0436. The number of phosphoric acid groups is 3. The molecule has 0 bridgehead atoms. The van der Waals surface area contributed by atoms with Crippen LogP contribution in [0.2, 0.25) is 0 Å². The number of imidazole rings is 1. The molecule has 1 aliphatic heterocycles. The van der Waals surface area contributed by atoms with E-state index in [4.69, 9.17) is 24.6 Å². The number of phosphoric ester groups is 3. The lowest BCUT2D eigenvalue weighted by molar-refractivity contribution is -0.142. The number of aliphatic carboxylic acids is 1. The van der Waals surface area contributed by atoms with Crippen LogP contribution in [0.15, 0.2) is 12.7 Å². The molecule has 7 unspecified atom stereocenters. The number of aliphatic hydroxyl groups is 3. The van der Waals surface area contributed by atoms with Gasteiger partial charge in [-0.05, 0) is 6.92 Å². The van der Waals surface area contributed by atoms with Crippen molar-refractivity contribution in [3.63, 3.8) is 0 Å². The summed E-state index contributed by atoms with van der Waals surface area (Å²) in [5, 5.41) is 44.4. The predicted octanol–water partition coefficient (Wildman–Crippen LogP) is -1.72. The molecule has 0 radical (unpaired) electrons. The number of rotatable bonds is 23. The number of aliphatic hydroxyl groups excluding tert-OH is 2. The molecule has 27 nitrogen and oxygen atoms in total. The number of hydrogen-bond donors (Lipinski definition) is 11. The summed E-state index contributed by atoms with van der Waals surface area (Å²) in [5.41, 5.74) is 2.44. The summed E-state index contributed by atoms with van der Waals surface area (Å²) in [6.45, 7) is 1.29. The van der Waals surface area contributed by atoms with E-state index in [-0.39, 0.29) is 42.2 Å². The van der Waals surface area contributed by atoms with Crippen LogP contribution in [-0.4, -0.2) is 144 Å². The SMILES string of the molecule is CC(O)(CC(=O)O)CC(=O)SCCNC(=O)CCNC(=O)[C@H](O)C(C)(C)COP(=O)(O)OP(=O)(O)OCC1OC(n2cnc3c(N)ncnc32)C(O)C1OP(=O)(O)O. The number of carboxylic acid groups (broad SMARTS) is 1. The number of nitrogens with two attached hydrogens (primary N) is 1. The fourth-order valence-corrected chi connectivity index (χ4v) is 8.72. The van der Waals surface area contributed by atoms with E-state index in [0.717, 1.165) is 29.0 Å². The van der Waals surface area contributed by atoms with Crippen LogP contribution in [0.5, 0.6) is 0 Å². The van der Waals surface area contributed by atoms with Crippen molar-refractivity contribution in [1.29, 1.82) is 0 Å². The van der Waals surface area contributed by atoms with E-state index in [9.17, 15) is 67.8 Å². The molecule has 0 aromatic carbocycles. The number of carboxylic acids is 1. The second-order valence-electron chi connectivity index (χ2n) is 13.5. The fraction of sp³-hybridized carbons (Fsp3) is 0.667. The Labute approximate surface area is 332 Å². The van der Waals surface area contributed by atoms with Gasteiger partial charge < -0.3 is 61.1 Å². The number of nitrogens with one attached hydrogen (secondary N) is 2. The Morgan fingerprint density at radius 2 is 1.67 bits per heavy atom. The van der Waals surface area contributed by atoms with Gasteiger partial charge in [0.15, 0.2) is 22.8 Å². The molecule has 8 atom stereocenters. The van der Waals surface area contributed by atoms with E-state index in [1.807, 2.05) is 0 Å². The summed E-state index contributed by atoms with van der Waals surface area (Å²) < 4.78 is 62.0. The van der Waals surface area contributed by atoms with Crippen LogP contribution in [0.1, 0.15) is 46.3 Å². The highest BCUT2D eigenvalue weighted by Crippen LogP contribution is 2.61. The second kappa shape index (κ2) is 20.0. The molecule has 1 fully saturated rings. The third-order valence-corrected chi connectivity index (χ3v) is 11.8. The molecule has 31 heteroatoms. The molecule has 1 saturated heterocycles. The molecule has 328 valence electrons. The summed E-state index contributed by atoms with van der Waals surface area (Å²) >= 11 is 0.771. The monoisotopic (exact) mass is 911 g/mol. The standard InChI is InChI=1S/C27H44N7O20P3S/c1-26(2,21(40)24(41)30-5-4-15(35)29-6-7-58-17(38)9-27(3,42)8-16(36)37)11-51-57(48,49)54-56(46,47)50-10-14-20(53-55(43,44)45)19(39)25(52-14)34-13-33-18-22(28)31-12-32-23(18)34/h12-14,19-21,25,39-40,42H,4-11H2,1-3H3,(H,29,35)(H,30,41)(H,36,37)(H,46,47)(H,48,49)(H2,28,31,32)(H2,43,44,45)/t14?,19?,20?,21-,25?,27?/m0/s1. The van der Waals surface area contributed by atoms with Gasteiger partial charge in [-0.1, -0.05) is 25.6 Å². The zero-order chi connectivity index (χ0) is 43.9. The number of carbonyl (C=O) groups is 4. The van der Waals surface area contributed by atoms with Crippen LogP contribution in [0.4, 0.5) is 5.82 Å². The number of anilines is 1. The minimum absolute atomic E-state index is 0.0147. The van der Waals surface area contributed by atoms with Gasteiger partial charge in [0.05, 0.1) is 31.6 Å². The first-order valence-electron chi connectivity index (χ1n) is 16.6. The van der Waals surface area contributed by atoms with Crippen molar-refractivity contribution < 1.29 is 95.5 Å². The van der Waals surface area contributed by atoms with Crippen molar-refractivity contribution in [2.24, 2.45) is 5.41 Å². The number of thioether (sulfide) groups is 1. The van der Waals surface area contributed by atoms with Gasteiger partial charge in [0.25, 0.3) is 0 Å². The van der Waals surface area contributed by atoms with Gasteiger partial charge in [0.1, 0.15) is 36.3 Å². The van der Waals surface area contributed by atoms with Gasteiger partial charge in [-0.15, -0.1) is 0 Å². The highest BCUT2D eigenvalue weighted by molar-refractivity contribution is 8.13. The van der Waals surface area contributed by atoms with E-state index in [2.05, 4.69) is 34.4 Å². The normalized spacial score (nSPS) is 22.4. The second-order valence-corrected chi connectivity index (χ2v) is 18.9. The molecule has 3 heterocycles. The summed E-state index contributed by atoms with van der Waals surface area (Å²) in [4.78, 5) is 98.2. The first-order valence-corrected chi connectivity index (χ1v) is 22.1. The van der Waals surface area contributed by atoms with Gasteiger partial charge in [-0.25, -0.2) is 28.6 Å². The molecule has 58 heavy (non-hydrogen) atoms. The number of aromatic nitrogens is 4. The maximum Gasteiger partial charge on any atom is 0.481 e. The number of fused-ring (bicyclic) bond motifs is 1. The molecule has 0 saturated carbocycles. The maximum atomic E-state index is 12.7. The fourth-order valence-electron chi connectivity index (χ4n) is 5.05. The van der Waals surface area contributed by atoms with Gasteiger partial charge in [-0.3, -0.25) is 37.3 Å². The summed E-state index contributed by atoms with van der Waals surface area (Å²) in [6.07, 6.45) is -8.22.